The van der Waals surface area contributed by atoms with Crippen molar-refractivity contribution >= 4 is 23.2 Å². The summed E-state index contributed by atoms with van der Waals surface area (Å²) in [4.78, 5) is 27.3. The van der Waals surface area contributed by atoms with E-state index in [4.69, 9.17) is 0 Å². The molecule has 0 unspecified atom stereocenters. The Kier molecular flexibility index (Phi) is 6.71. The van der Waals surface area contributed by atoms with Crippen molar-refractivity contribution in [2.45, 2.75) is 40.0 Å². The van der Waals surface area contributed by atoms with Crippen LogP contribution in [0.1, 0.15) is 47.3 Å². The highest BCUT2D eigenvalue weighted by Gasteiger charge is 2.20. The molecule has 0 bridgehead atoms. The van der Waals surface area contributed by atoms with E-state index in [9.17, 15) is 9.59 Å². The molecule has 0 aliphatic rings. The van der Waals surface area contributed by atoms with Gasteiger partial charge in [-0.1, -0.05) is 20.3 Å². The summed E-state index contributed by atoms with van der Waals surface area (Å²) in [5.74, 6) is -0.471. The van der Waals surface area contributed by atoms with Gasteiger partial charge in [0.1, 0.15) is 6.54 Å². The maximum absolute atomic E-state index is 12.4. The predicted octanol–water partition coefficient (Wildman–Crippen LogP) is 2.90. The number of methoxy groups -OCH3 is 1. The van der Waals surface area contributed by atoms with Gasteiger partial charge in [-0.3, -0.25) is 9.59 Å². The Morgan fingerprint density at radius 1 is 1.30 bits per heavy atom. The molecule has 20 heavy (non-hydrogen) atoms. The second-order valence-corrected chi connectivity index (χ2v) is 5.69. The smallest absolute Gasteiger partial charge is 0.325 e. The van der Waals surface area contributed by atoms with E-state index in [1.807, 2.05) is 13.0 Å². The number of hydrogen-bond acceptors (Lipinski definition) is 4. The van der Waals surface area contributed by atoms with Gasteiger partial charge in [0, 0.05) is 11.4 Å². The maximum atomic E-state index is 12.4. The van der Waals surface area contributed by atoms with E-state index in [0.717, 1.165) is 24.1 Å². The first kappa shape index (κ1) is 16.7. The van der Waals surface area contributed by atoms with Crippen molar-refractivity contribution in [3.63, 3.8) is 0 Å². The van der Waals surface area contributed by atoms with E-state index < -0.39 is 0 Å². The number of amides is 1. The minimum atomic E-state index is -0.388. The topological polar surface area (TPSA) is 46.6 Å². The van der Waals surface area contributed by atoms with Crippen LogP contribution in [0.4, 0.5) is 0 Å². The molecule has 0 aliphatic carbocycles. The van der Waals surface area contributed by atoms with Crippen molar-refractivity contribution in [2.24, 2.45) is 0 Å². The summed E-state index contributed by atoms with van der Waals surface area (Å²) in [6.07, 6.45) is 3.01. The van der Waals surface area contributed by atoms with E-state index >= 15 is 0 Å². The second kappa shape index (κ2) is 8.04. The fraction of sp³-hybridized carbons (Fsp3) is 0.600. The molecule has 4 nitrogen and oxygen atoms in total. The van der Waals surface area contributed by atoms with Gasteiger partial charge in [0.05, 0.1) is 12.0 Å². The van der Waals surface area contributed by atoms with Crippen LogP contribution in [-0.4, -0.2) is 37.0 Å². The Labute approximate surface area is 124 Å². The quantitative estimate of drug-likeness (QED) is 0.727. The first-order valence-electron chi connectivity index (χ1n) is 7.04. The molecule has 1 amide bonds. The van der Waals surface area contributed by atoms with Gasteiger partial charge in [0.25, 0.3) is 5.91 Å². The molecule has 1 aromatic rings. The lowest BCUT2D eigenvalue weighted by Crippen LogP contribution is -2.35. The van der Waals surface area contributed by atoms with Crippen molar-refractivity contribution in [1.29, 1.82) is 0 Å². The lowest BCUT2D eigenvalue weighted by Gasteiger charge is -2.18. The third-order valence-corrected chi connectivity index (χ3v) is 4.41. The first-order chi connectivity index (χ1) is 9.57. The minimum absolute atomic E-state index is 0.00824. The number of ether oxygens (including phenoxy) is 1. The molecule has 0 aromatic carbocycles. The molecule has 1 heterocycles. The molecule has 5 heteroatoms. The molecule has 0 N–H and O–H groups in total. The monoisotopic (exact) mass is 297 g/mol. The second-order valence-electron chi connectivity index (χ2n) is 4.56. The molecule has 1 aromatic heterocycles. The van der Waals surface area contributed by atoms with E-state index in [1.54, 1.807) is 11.3 Å². The largest absolute Gasteiger partial charge is 0.468 e. The number of hydrogen-bond donors (Lipinski definition) is 0. The van der Waals surface area contributed by atoms with Crippen LogP contribution in [0.5, 0.6) is 0 Å². The van der Waals surface area contributed by atoms with Crippen LogP contribution in [0.3, 0.4) is 0 Å². The highest BCUT2D eigenvalue weighted by atomic mass is 32.1. The number of esters is 1. The van der Waals surface area contributed by atoms with E-state index in [0.29, 0.717) is 6.54 Å². The maximum Gasteiger partial charge on any atom is 0.325 e. The van der Waals surface area contributed by atoms with Gasteiger partial charge in [0.15, 0.2) is 0 Å². The number of nitrogens with zero attached hydrogens (tertiary/aromatic N) is 1. The summed E-state index contributed by atoms with van der Waals surface area (Å²) in [6, 6.07) is 1.97. The molecule has 0 atom stereocenters. The third-order valence-electron chi connectivity index (χ3n) is 3.18. The number of rotatable bonds is 7. The molecule has 0 saturated heterocycles. The summed E-state index contributed by atoms with van der Waals surface area (Å²) in [6.45, 7) is 6.60. The molecule has 112 valence electrons. The van der Waals surface area contributed by atoms with Crippen molar-refractivity contribution in [3.05, 3.63) is 21.4 Å². The Morgan fingerprint density at radius 2 is 2.00 bits per heavy atom. The summed E-state index contributed by atoms with van der Waals surface area (Å²) < 4.78 is 4.63. The molecule has 1 rings (SSSR count). The van der Waals surface area contributed by atoms with Crippen molar-refractivity contribution in [2.75, 3.05) is 20.2 Å². The van der Waals surface area contributed by atoms with E-state index in [2.05, 4.69) is 18.6 Å². The fourth-order valence-electron chi connectivity index (χ4n) is 2.01. The van der Waals surface area contributed by atoms with Crippen LogP contribution in [0.2, 0.25) is 0 Å². The number of likely N-dealkylation sites (N-methyl/N-ethyl adjacent to an activating group) is 1. The van der Waals surface area contributed by atoms with Gasteiger partial charge in [-0.15, -0.1) is 11.3 Å². The number of carbonyl (C=O) groups excluding carboxylic acids is 2. The van der Waals surface area contributed by atoms with Gasteiger partial charge in [-0.05, 0) is 31.4 Å². The molecule has 0 saturated carbocycles. The van der Waals surface area contributed by atoms with Crippen LogP contribution >= 0.6 is 11.3 Å². The predicted molar refractivity (Wildman–Crippen MR) is 81.3 cm³/mol. The van der Waals surface area contributed by atoms with Gasteiger partial charge in [-0.2, -0.15) is 0 Å². The minimum Gasteiger partial charge on any atom is -0.468 e. The summed E-state index contributed by atoms with van der Waals surface area (Å²) >= 11 is 1.55. The third kappa shape index (κ3) is 4.07. The molecule has 0 fully saturated rings. The van der Waals surface area contributed by atoms with Gasteiger partial charge in [0.2, 0.25) is 0 Å². The van der Waals surface area contributed by atoms with Crippen LogP contribution in [-0.2, 0) is 22.4 Å². The molecular formula is C15H23NO3S. The zero-order chi connectivity index (χ0) is 15.1. The van der Waals surface area contributed by atoms with Crippen LogP contribution in [0.15, 0.2) is 6.07 Å². The number of thiophene rings is 1. The Balaban J connectivity index is 2.91. The zero-order valence-corrected chi connectivity index (χ0v) is 13.5. The molecule has 0 aliphatic heterocycles. The van der Waals surface area contributed by atoms with E-state index in [1.165, 1.54) is 22.5 Å². The molecular weight excluding hydrogens is 274 g/mol. The van der Waals surface area contributed by atoms with E-state index in [-0.39, 0.29) is 18.4 Å². The van der Waals surface area contributed by atoms with Gasteiger partial charge in [-0.25, -0.2) is 0 Å². The molecule has 0 spiro atoms. The number of carbonyl (C=O) groups is 2. The van der Waals surface area contributed by atoms with Gasteiger partial charge < -0.3 is 9.64 Å². The first-order valence-corrected chi connectivity index (χ1v) is 7.86. The highest BCUT2D eigenvalue weighted by Crippen LogP contribution is 2.25. The van der Waals surface area contributed by atoms with Crippen molar-refractivity contribution < 1.29 is 14.3 Å². The van der Waals surface area contributed by atoms with Gasteiger partial charge >= 0.3 is 5.97 Å². The lowest BCUT2D eigenvalue weighted by atomic mass is 10.1. The molecule has 0 radical (unpaired) electrons. The van der Waals surface area contributed by atoms with Crippen LogP contribution in [0, 0.1) is 0 Å². The Morgan fingerprint density at radius 3 is 2.50 bits per heavy atom. The SMILES string of the molecule is CCCc1sc(C(=O)N(CC)CC(=O)OC)cc1CC. The average Bonchev–Trinajstić information content (AvgIpc) is 2.87. The summed E-state index contributed by atoms with van der Waals surface area (Å²) in [7, 11) is 1.33. The Bertz CT molecular complexity index is 468. The summed E-state index contributed by atoms with van der Waals surface area (Å²) in [5, 5.41) is 0. The standard InChI is InChI=1S/C15H23NO3S/c1-5-8-12-11(6-2)9-13(20-12)15(18)16(7-3)10-14(17)19-4/h9H,5-8,10H2,1-4H3. The highest BCUT2D eigenvalue weighted by molar-refractivity contribution is 7.14. The zero-order valence-electron chi connectivity index (χ0n) is 12.7. The normalized spacial score (nSPS) is 10.4. The number of aryl methyl sites for hydroxylation is 2. The fourth-order valence-corrected chi connectivity index (χ4v) is 3.34. The van der Waals surface area contributed by atoms with Crippen LogP contribution < -0.4 is 0 Å². The van der Waals surface area contributed by atoms with Crippen LogP contribution in [0.25, 0.3) is 0 Å². The average molecular weight is 297 g/mol. The summed E-state index contributed by atoms with van der Waals surface area (Å²) in [5.41, 5.74) is 1.24. The lowest BCUT2D eigenvalue weighted by molar-refractivity contribution is -0.141. The Hall–Kier alpha value is -1.36. The van der Waals surface area contributed by atoms with Crippen molar-refractivity contribution in [3.8, 4) is 0 Å². The van der Waals surface area contributed by atoms with Crippen molar-refractivity contribution in [1.82, 2.24) is 4.90 Å².